The Morgan fingerprint density at radius 2 is 1.94 bits per heavy atom. The first-order valence-electron chi connectivity index (χ1n) is 9.90. The molecule has 0 amide bonds. The van der Waals surface area contributed by atoms with E-state index in [1.807, 2.05) is 55.6 Å². The lowest BCUT2D eigenvalue weighted by Gasteiger charge is -2.27. The maximum Gasteiger partial charge on any atom is 0.228 e. The lowest BCUT2D eigenvalue weighted by atomic mass is 9.84. The Labute approximate surface area is 177 Å². The second kappa shape index (κ2) is 6.63. The first kappa shape index (κ1) is 17.6. The Hall–Kier alpha value is -4.26. The lowest BCUT2D eigenvalue weighted by molar-refractivity contribution is 0.422. The van der Waals surface area contributed by atoms with Crippen LogP contribution in [-0.2, 0) is 0 Å². The van der Waals surface area contributed by atoms with E-state index in [1.54, 1.807) is 29.2 Å². The SMILES string of the molecule is Cc1ccc(-c2nc3c4c(ncn3n2)Oc2cc(O)ccc2[C@H]4c2cccnc2)cc1. The molecule has 7 heteroatoms. The molecule has 5 aromatic rings. The molecule has 0 unspecified atom stereocenters. The van der Waals surface area contributed by atoms with E-state index in [9.17, 15) is 5.11 Å². The number of nitrogens with zero attached hydrogens (tertiary/aromatic N) is 5. The number of rotatable bonds is 2. The molecule has 0 saturated carbocycles. The zero-order chi connectivity index (χ0) is 20.9. The summed E-state index contributed by atoms with van der Waals surface area (Å²) in [6.07, 6.45) is 5.18. The fraction of sp³-hybridized carbons (Fsp3) is 0.0833. The van der Waals surface area contributed by atoms with E-state index >= 15 is 0 Å². The summed E-state index contributed by atoms with van der Waals surface area (Å²) < 4.78 is 7.76. The number of phenolic OH excluding ortho intramolecular Hbond substituents is 1. The molecular formula is C24H17N5O2. The van der Waals surface area contributed by atoms with Crippen molar-refractivity contribution in [2.24, 2.45) is 0 Å². The number of hydrogen-bond donors (Lipinski definition) is 1. The summed E-state index contributed by atoms with van der Waals surface area (Å²) in [5, 5.41) is 14.6. The molecule has 0 aliphatic carbocycles. The molecule has 0 fully saturated rings. The Morgan fingerprint density at radius 1 is 1.06 bits per heavy atom. The molecule has 1 atom stereocenters. The van der Waals surface area contributed by atoms with Crippen molar-refractivity contribution in [3.63, 3.8) is 0 Å². The van der Waals surface area contributed by atoms with Gasteiger partial charge in [-0.15, -0.1) is 5.10 Å². The lowest BCUT2D eigenvalue weighted by Crippen LogP contribution is -2.15. The van der Waals surface area contributed by atoms with Crippen molar-refractivity contribution in [1.82, 2.24) is 24.6 Å². The van der Waals surface area contributed by atoms with E-state index in [1.165, 1.54) is 5.56 Å². The third-order valence-corrected chi connectivity index (χ3v) is 5.52. The molecule has 3 aromatic heterocycles. The van der Waals surface area contributed by atoms with Crippen LogP contribution in [0.5, 0.6) is 17.4 Å². The Bertz CT molecular complexity index is 1430. The summed E-state index contributed by atoms with van der Waals surface area (Å²) in [6.45, 7) is 2.05. The van der Waals surface area contributed by atoms with Crippen molar-refractivity contribution in [3.8, 4) is 28.8 Å². The van der Waals surface area contributed by atoms with Gasteiger partial charge in [-0.05, 0) is 24.6 Å². The third-order valence-electron chi connectivity index (χ3n) is 5.52. The number of pyridine rings is 1. The van der Waals surface area contributed by atoms with Crippen LogP contribution >= 0.6 is 0 Å². The van der Waals surface area contributed by atoms with Gasteiger partial charge in [-0.3, -0.25) is 4.98 Å². The number of ether oxygens (including phenoxy) is 1. The third kappa shape index (κ3) is 2.82. The minimum atomic E-state index is -0.209. The van der Waals surface area contributed by atoms with Crippen molar-refractivity contribution in [3.05, 3.63) is 95.6 Å². The summed E-state index contributed by atoms with van der Waals surface area (Å²) >= 11 is 0. The van der Waals surface area contributed by atoms with Crippen LogP contribution in [0, 0.1) is 6.92 Å². The first-order chi connectivity index (χ1) is 15.2. The monoisotopic (exact) mass is 407 g/mol. The molecule has 2 aromatic carbocycles. The number of benzene rings is 2. The summed E-state index contributed by atoms with van der Waals surface area (Å²) in [7, 11) is 0. The van der Waals surface area contributed by atoms with Crippen LogP contribution in [0.3, 0.4) is 0 Å². The molecule has 4 heterocycles. The second-order valence-corrected chi connectivity index (χ2v) is 7.58. The molecule has 150 valence electrons. The molecule has 31 heavy (non-hydrogen) atoms. The van der Waals surface area contributed by atoms with Gasteiger partial charge >= 0.3 is 0 Å². The number of aromatic hydroxyl groups is 1. The highest BCUT2D eigenvalue weighted by atomic mass is 16.5. The van der Waals surface area contributed by atoms with Crippen LogP contribution in [0.1, 0.15) is 28.2 Å². The minimum absolute atomic E-state index is 0.136. The Balaban J connectivity index is 1.61. The van der Waals surface area contributed by atoms with E-state index in [0.29, 0.717) is 23.1 Å². The van der Waals surface area contributed by atoms with Crippen LogP contribution < -0.4 is 4.74 Å². The topological polar surface area (TPSA) is 85.4 Å². The fourth-order valence-electron chi connectivity index (χ4n) is 4.02. The predicted octanol–water partition coefficient (Wildman–Crippen LogP) is 4.49. The van der Waals surface area contributed by atoms with E-state index in [2.05, 4.69) is 15.1 Å². The zero-order valence-corrected chi connectivity index (χ0v) is 16.6. The zero-order valence-electron chi connectivity index (χ0n) is 16.6. The van der Waals surface area contributed by atoms with Gasteiger partial charge in [-0.1, -0.05) is 42.0 Å². The number of aryl methyl sites for hydroxylation is 1. The van der Waals surface area contributed by atoms with Crippen molar-refractivity contribution >= 4 is 5.65 Å². The summed E-state index contributed by atoms with van der Waals surface area (Å²) in [4.78, 5) is 13.7. The van der Waals surface area contributed by atoms with Gasteiger partial charge in [0.2, 0.25) is 5.88 Å². The van der Waals surface area contributed by atoms with Crippen molar-refractivity contribution in [2.75, 3.05) is 0 Å². The molecule has 6 rings (SSSR count). The maximum absolute atomic E-state index is 9.97. The molecule has 0 bridgehead atoms. The molecular weight excluding hydrogens is 390 g/mol. The normalized spacial score (nSPS) is 14.7. The van der Waals surface area contributed by atoms with Crippen LogP contribution in [0.15, 0.2) is 73.3 Å². The highest BCUT2D eigenvalue weighted by molar-refractivity contribution is 5.68. The van der Waals surface area contributed by atoms with Crippen molar-refractivity contribution in [1.29, 1.82) is 0 Å². The van der Waals surface area contributed by atoms with Crippen LogP contribution in [0.4, 0.5) is 0 Å². The average molecular weight is 407 g/mol. The van der Waals surface area contributed by atoms with Gasteiger partial charge in [0, 0.05) is 35.5 Å². The van der Waals surface area contributed by atoms with Gasteiger partial charge in [0.1, 0.15) is 17.8 Å². The van der Waals surface area contributed by atoms with E-state index < -0.39 is 0 Å². The number of fused-ring (bicyclic) bond motifs is 4. The average Bonchev–Trinajstić information content (AvgIpc) is 3.23. The molecule has 0 saturated heterocycles. The smallest absolute Gasteiger partial charge is 0.228 e. The van der Waals surface area contributed by atoms with Gasteiger partial charge in [0.15, 0.2) is 11.5 Å². The van der Waals surface area contributed by atoms with Crippen molar-refractivity contribution < 1.29 is 9.84 Å². The maximum atomic E-state index is 9.97. The molecule has 7 nitrogen and oxygen atoms in total. The van der Waals surface area contributed by atoms with Gasteiger partial charge in [0.05, 0.1) is 5.56 Å². The number of hydrogen-bond acceptors (Lipinski definition) is 6. The van der Waals surface area contributed by atoms with Crippen LogP contribution in [0.25, 0.3) is 17.0 Å². The molecule has 1 aliphatic rings. The summed E-state index contributed by atoms with van der Waals surface area (Å²) in [6, 6.07) is 17.2. The van der Waals surface area contributed by atoms with Gasteiger partial charge in [0.25, 0.3) is 0 Å². The summed E-state index contributed by atoms with van der Waals surface area (Å²) in [5.74, 6) is 1.56. The highest BCUT2D eigenvalue weighted by Gasteiger charge is 2.33. The highest BCUT2D eigenvalue weighted by Crippen LogP contribution is 2.48. The number of phenols is 1. The molecule has 0 radical (unpaired) electrons. The van der Waals surface area contributed by atoms with Crippen molar-refractivity contribution in [2.45, 2.75) is 12.8 Å². The largest absolute Gasteiger partial charge is 0.508 e. The van der Waals surface area contributed by atoms with E-state index in [-0.39, 0.29) is 11.7 Å². The standard InChI is InChI=1S/C24H17N5O2/c1-14-4-6-15(7-5-14)22-27-23-21-20(16-3-2-10-25-12-16)18-9-8-17(30)11-19(18)31-24(21)26-13-29(23)28-22/h2-13,20,30H,1H3/t20-/m1/s1. The van der Waals surface area contributed by atoms with Gasteiger partial charge in [-0.2, -0.15) is 0 Å². The number of aromatic nitrogens is 5. The van der Waals surface area contributed by atoms with E-state index in [0.717, 1.165) is 22.3 Å². The molecule has 1 N–H and O–H groups in total. The Morgan fingerprint density at radius 3 is 2.74 bits per heavy atom. The summed E-state index contributed by atoms with van der Waals surface area (Å²) in [5.41, 5.74) is 5.49. The van der Waals surface area contributed by atoms with Crippen LogP contribution in [0.2, 0.25) is 0 Å². The first-order valence-corrected chi connectivity index (χ1v) is 9.90. The quantitative estimate of drug-likeness (QED) is 0.455. The second-order valence-electron chi connectivity index (χ2n) is 7.58. The predicted molar refractivity (Wildman–Crippen MR) is 114 cm³/mol. The van der Waals surface area contributed by atoms with E-state index in [4.69, 9.17) is 9.72 Å². The van der Waals surface area contributed by atoms with Gasteiger partial charge in [-0.25, -0.2) is 14.5 Å². The molecule has 1 aliphatic heterocycles. The van der Waals surface area contributed by atoms with Gasteiger partial charge < -0.3 is 9.84 Å². The Kier molecular flexibility index (Phi) is 3.76. The molecule has 0 spiro atoms. The fourth-order valence-corrected chi connectivity index (χ4v) is 4.02. The van der Waals surface area contributed by atoms with Crippen LogP contribution in [-0.4, -0.2) is 29.7 Å². The minimum Gasteiger partial charge on any atom is -0.508 e.